The smallest absolute Gasteiger partial charge is 0.327 e. The van der Waals surface area contributed by atoms with Crippen molar-refractivity contribution in [2.24, 2.45) is 11.1 Å². The van der Waals surface area contributed by atoms with E-state index in [0.717, 1.165) is 0 Å². The highest BCUT2D eigenvalue weighted by Gasteiger charge is 2.41. The van der Waals surface area contributed by atoms with E-state index in [0.29, 0.717) is 18.1 Å². The van der Waals surface area contributed by atoms with E-state index in [1.54, 1.807) is 6.92 Å². The van der Waals surface area contributed by atoms with E-state index in [-0.39, 0.29) is 12.5 Å². The first-order valence-electron chi connectivity index (χ1n) is 5.28. The van der Waals surface area contributed by atoms with Gasteiger partial charge in [0, 0.05) is 12.3 Å². The van der Waals surface area contributed by atoms with Crippen LogP contribution in [0.1, 0.15) is 20.3 Å². The molecule has 0 bridgehead atoms. The largest absolute Gasteiger partial charge is 0.480 e. The highest BCUT2D eigenvalue weighted by molar-refractivity contribution is 7.99. The second-order valence-electron chi connectivity index (χ2n) is 4.25. The third-order valence-electron chi connectivity index (χ3n) is 3.18. The number of rotatable bonds is 4. The summed E-state index contributed by atoms with van der Waals surface area (Å²) in [6, 6.07) is -0.699. The second-order valence-corrected chi connectivity index (χ2v) is 5.25. The lowest BCUT2D eigenvalue weighted by atomic mass is 9.86. The molecule has 6 heteroatoms. The van der Waals surface area contributed by atoms with Gasteiger partial charge in [0.1, 0.15) is 6.04 Å². The van der Waals surface area contributed by atoms with E-state index in [4.69, 9.17) is 10.8 Å². The average molecular weight is 246 g/mol. The van der Waals surface area contributed by atoms with Crippen molar-refractivity contribution in [3.05, 3.63) is 0 Å². The number of carbonyl (C=O) groups is 2. The van der Waals surface area contributed by atoms with Crippen molar-refractivity contribution in [2.45, 2.75) is 26.3 Å². The molecule has 2 unspecified atom stereocenters. The minimum atomic E-state index is -0.936. The Hall–Kier alpha value is -0.750. The first kappa shape index (κ1) is 13.3. The number of carboxylic acids is 1. The van der Waals surface area contributed by atoms with Gasteiger partial charge in [-0.1, -0.05) is 6.92 Å². The highest BCUT2D eigenvalue weighted by atomic mass is 32.2. The zero-order valence-corrected chi connectivity index (χ0v) is 10.4. The maximum atomic E-state index is 12.2. The summed E-state index contributed by atoms with van der Waals surface area (Å²) in [5, 5.41) is 9.01. The summed E-state index contributed by atoms with van der Waals surface area (Å²) in [5.74, 6) is -0.166. The van der Waals surface area contributed by atoms with Gasteiger partial charge in [0.15, 0.2) is 0 Å². The van der Waals surface area contributed by atoms with Crippen LogP contribution in [-0.2, 0) is 9.59 Å². The summed E-state index contributed by atoms with van der Waals surface area (Å²) in [6.45, 7) is 3.93. The van der Waals surface area contributed by atoms with Gasteiger partial charge in [-0.2, -0.15) is 0 Å². The van der Waals surface area contributed by atoms with Crippen LogP contribution in [0.5, 0.6) is 0 Å². The van der Waals surface area contributed by atoms with E-state index in [1.165, 1.54) is 16.7 Å². The summed E-state index contributed by atoms with van der Waals surface area (Å²) >= 11 is 1.47. The number of nitrogens with zero attached hydrogens (tertiary/aromatic N) is 1. The molecule has 2 atom stereocenters. The van der Waals surface area contributed by atoms with Crippen LogP contribution in [0.15, 0.2) is 0 Å². The fourth-order valence-corrected chi connectivity index (χ4v) is 2.72. The Morgan fingerprint density at radius 3 is 2.69 bits per heavy atom. The van der Waals surface area contributed by atoms with Crippen molar-refractivity contribution in [2.75, 3.05) is 18.2 Å². The quantitative estimate of drug-likeness (QED) is 0.747. The zero-order chi connectivity index (χ0) is 12.3. The molecule has 92 valence electrons. The van der Waals surface area contributed by atoms with Crippen molar-refractivity contribution in [1.82, 2.24) is 4.90 Å². The Kier molecular flexibility index (Phi) is 4.21. The van der Waals surface area contributed by atoms with Crippen molar-refractivity contribution in [3.63, 3.8) is 0 Å². The van der Waals surface area contributed by atoms with Gasteiger partial charge in [-0.25, -0.2) is 4.79 Å². The van der Waals surface area contributed by atoms with E-state index < -0.39 is 17.4 Å². The fraction of sp³-hybridized carbons (Fsp3) is 0.800. The molecule has 3 N–H and O–H groups in total. The van der Waals surface area contributed by atoms with Crippen LogP contribution in [0, 0.1) is 5.41 Å². The number of hydrogen-bond donors (Lipinski definition) is 2. The van der Waals surface area contributed by atoms with Gasteiger partial charge in [-0.15, -0.1) is 11.8 Å². The summed E-state index contributed by atoms with van der Waals surface area (Å²) in [5.41, 5.74) is 4.97. The van der Waals surface area contributed by atoms with Gasteiger partial charge >= 0.3 is 5.97 Å². The Balaban J connectivity index is 2.84. The van der Waals surface area contributed by atoms with E-state index >= 15 is 0 Å². The van der Waals surface area contributed by atoms with Gasteiger partial charge in [0.2, 0.25) is 5.91 Å². The molecule has 0 radical (unpaired) electrons. The molecule has 1 fully saturated rings. The van der Waals surface area contributed by atoms with Gasteiger partial charge in [-0.3, -0.25) is 4.79 Å². The molecule has 0 aromatic heterocycles. The maximum Gasteiger partial charge on any atom is 0.327 e. The molecule has 0 spiro atoms. The maximum absolute atomic E-state index is 12.2. The Morgan fingerprint density at radius 2 is 2.25 bits per heavy atom. The molecule has 1 rings (SSSR count). The molecule has 1 amide bonds. The van der Waals surface area contributed by atoms with Crippen molar-refractivity contribution < 1.29 is 14.7 Å². The van der Waals surface area contributed by atoms with Crippen LogP contribution in [0.2, 0.25) is 0 Å². The van der Waals surface area contributed by atoms with Crippen molar-refractivity contribution in [1.29, 1.82) is 0 Å². The summed E-state index contributed by atoms with van der Waals surface area (Å²) < 4.78 is 0. The average Bonchev–Trinajstić information content (AvgIpc) is 2.75. The number of carbonyl (C=O) groups excluding carboxylic acids is 1. The third-order valence-corrected chi connectivity index (χ3v) is 4.19. The second kappa shape index (κ2) is 5.05. The Labute approximate surface area is 99.4 Å². The minimum Gasteiger partial charge on any atom is -0.480 e. The molecule has 0 saturated carbocycles. The predicted octanol–water partition coefficient (Wildman–Crippen LogP) is 0.347. The molecule has 0 aromatic carbocycles. The van der Waals surface area contributed by atoms with Gasteiger partial charge in [-0.05, 0) is 13.3 Å². The lowest BCUT2D eigenvalue weighted by Crippen LogP contribution is -2.50. The summed E-state index contributed by atoms with van der Waals surface area (Å²) in [6.07, 6.45) is 0.621. The summed E-state index contributed by atoms with van der Waals surface area (Å²) in [7, 11) is 0. The van der Waals surface area contributed by atoms with Crippen LogP contribution < -0.4 is 5.73 Å². The molecule has 1 aliphatic heterocycles. The number of thioether (sulfide) groups is 1. The van der Waals surface area contributed by atoms with Crippen LogP contribution in [0.3, 0.4) is 0 Å². The van der Waals surface area contributed by atoms with Crippen LogP contribution >= 0.6 is 11.8 Å². The zero-order valence-electron chi connectivity index (χ0n) is 9.60. The van der Waals surface area contributed by atoms with E-state index in [1.807, 2.05) is 6.92 Å². The molecule has 1 aliphatic rings. The van der Waals surface area contributed by atoms with Crippen LogP contribution in [0.4, 0.5) is 0 Å². The molecule has 16 heavy (non-hydrogen) atoms. The molecule has 1 saturated heterocycles. The van der Waals surface area contributed by atoms with Crippen molar-refractivity contribution in [3.8, 4) is 0 Å². The summed E-state index contributed by atoms with van der Waals surface area (Å²) in [4.78, 5) is 24.6. The topological polar surface area (TPSA) is 83.6 Å². The highest BCUT2D eigenvalue weighted by Crippen LogP contribution is 2.29. The van der Waals surface area contributed by atoms with E-state index in [9.17, 15) is 9.59 Å². The van der Waals surface area contributed by atoms with Crippen LogP contribution in [-0.4, -0.2) is 46.1 Å². The number of hydrogen-bond acceptors (Lipinski definition) is 4. The number of amides is 1. The number of carboxylic acid groups (broad SMARTS) is 1. The third kappa shape index (κ3) is 2.32. The number of aliphatic carboxylic acids is 1. The SMILES string of the molecule is CCC(C)(CN)C(=O)N1CSCC1C(=O)O. The van der Waals surface area contributed by atoms with Crippen molar-refractivity contribution >= 4 is 23.6 Å². The first-order chi connectivity index (χ1) is 7.46. The Morgan fingerprint density at radius 1 is 1.62 bits per heavy atom. The molecule has 5 nitrogen and oxygen atoms in total. The normalized spacial score (nSPS) is 24.2. The lowest BCUT2D eigenvalue weighted by Gasteiger charge is -2.32. The van der Waals surface area contributed by atoms with Gasteiger partial charge < -0.3 is 15.7 Å². The molecule has 1 heterocycles. The van der Waals surface area contributed by atoms with Crippen LogP contribution in [0.25, 0.3) is 0 Å². The standard InChI is InChI=1S/C10H18N2O3S/c1-3-10(2,5-11)9(15)12-6-16-4-7(12)8(13)14/h7H,3-6,11H2,1-2H3,(H,13,14). The fourth-order valence-electron chi connectivity index (χ4n) is 1.58. The van der Waals surface area contributed by atoms with Gasteiger partial charge in [0.05, 0.1) is 11.3 Å². The molecular formula is C10H18N2O3S. The van der Waals surface area contributed by atoms with Gasteiger partial charge in [0.25, 0.3) is 0 Å². The monoisotopic (exact) mass is 246 g/mol. The number of nitrogens with two attached hydrogens (primary N) is 1. The Bertz CT molecular complexity index is 292. The molecule has 0 aliphatic carbocycles. The molecule has 0 aromatic rings. The first-order valence-corrected chi connectivity index (χ1v) is 6.43. The molecular weight excluding hydrogens is 228 g/mol. The van der Waals surface area contributed by atoms with E-state index in [2.05, 4.69) is 0 Å². The minimum absolute atomic E-state index is 0.144. The predicted molar refractivity (Wildman–Crippen MR) is 63.0 cm³/mol. The lowest BCUT2D eigenvalue weighted by molar-refractivity contribution is -0.152.